The first-order valence-corrected chi connectivity index (χ1v) is 5.40. The number of ether oxygens (including phenoxy) is 1. The van der Waals surface area contributed by atoms with Crippen molar-refractivity contribution < 1.29 is 13.5 Å². The summed E-state index contributed by atoms with van der Waals surface area (Å²) in [6.45, 7) is 4.58. The van der Waals surface area contributed by atoms with Crippen LogP contribution in [0.4, 0.5) is 8.78 Å². The zero-order chi connectivity index (χ0) is 11.7. The smallest absolute Gasteiger partial charge is 0.159 e. The Hall–Kier alpha value is -0.710. The molecule has 1 aliphatic heterocycles. The molecular formula is C12H16ClF2NO. The molecule has 5 heteroatoms. The second-order valence-electron chi connectivity index (χ2n) is 4.28. The molecule has 1 fully saturated rings. The molecular weight excluding hydrogens is 248 g/mol. The number of halogens is 3. The molecule has 0 amide bonds. The first-order chi connectivity index (χ1) is 7.58. The third-order valence-electron chi connectivity index (χ3n) is 2.80. The van der Waals surface area contributed by atoms with Gasteiger partial charge in [0.1, 0.15) is 0 Å². The van der Waals surface area contributed by atoms with Crippen molar-refractivity contribution in [3.05, 3.63) is 35.4 Å². The van der Waals surface area contributed by atoms with Gasteiger partial charge in [-0.2, -0.15) is 0 Å². The van der Waals surface area contributed by atoms with Gasteiger partial charge in [-0.15, -0.1) is 12.4 Å². The number of nitrogens with one attached hydrogen (secondary N) is 1. The Kier molecular flexibility index (Phi) is 4.86. The maximum absolute atomic E-state index is 13.1. The highest BCUT2D eigenvalue weighted by Gasteiger charge is 2.27. The Morgan fingerprint density at radius 3 is 2.53 bits per heavy atom. The summed E-state index contributed by atoms with van der Waals surface area (Å²) >= 11 is 0. The minimum absolute atomic E-state index is 0. The largest absolute Gasteiger partial charge is 0.370 e. The van der Waals surface area contributed by atoms with Crippen molar-refractivity contribution >= 4 is 12.4 Å². The fourth-order valence-electron chi connectivity index (χ4n) is 2.05. The second kappa shape index (κ2) is 5.76. The Morgan fingerprint density at radius 2 is 1.94 bits per heavy atom. The summed E-state index contributed by atoms with van der Waals surface area (Å²) in [7, 11) is 0. The summed E-state index contributed by atoms with van der Waals surface area (Å²) in [6, 6.07) is 4.29. The van der Waals surface area contributed by atoms with Gasteiger partial charge in [0.15, 0.2) is 11.6 Å². The normalized spacial score (nSPS) is 28.6. The van der Waals surface area contributed by atoms with Crippen LogP contribution in [0.2, 0.25) is 0 Å². The molecule has 1 N–H and O–H groups in total. The molecule has 1 aliphatic rings. The van der Waals surface area contributed by atoms with Crippen LogP contribution in [-0.4, -0.2) is 18.7 Å². The van der Waals surface area contributed by atoms with Crippen molar-refractivity contribution in [3.63, 3.8) is 0 Å². The molecule has 0 aromatic heterocycles. The molecule has 0 spiro atoms. The lowest BCUT2D eigenvalue weighted by atomic mass is 10.0. The van der Waals surface area contributed by atoms with Crippen molar-refractivity contribution in [2.24, 2.45) is 0 Å². The van der Waals surface area contributed by atoms with E-state index in [9.17, 15) is 8.78 Å². The Morgan fingerprint density at radius 1 is 1.24 bits per heavy atom. The molecule has 0 radical (unpaired) electrons. The van der Waals surface area contributed by atoms with Gasteiger partial charge in [-0.05, 0) is 31.5 Å². The van der Waals surface area contributed by atoms with Gasteiger partial charge in [-0.3, -0.25) is 0 Å². The van der Waals surface area contributed by atoms with Crippen molar-refractivity contribution in [1.29, 1.82) is 0 Å². The van der Waals surface area contributed by atoms with E-state index >= 15 is 0 Å². The fourth-order valence-corrected chi connectivity index (χ4v) is 2.05. The van der Waals surface area contributed by atoms with E-state index in [0.29, 0.717) is 12.2 Å². The molecule has 0 bridgehead atoms. The minimum atomic E-state index is -0.827. The van der Waals surface area contributed by atoms with E-state index in [1.165, 1.54) is 6.07 Å². The molecule has 0 saturated carbocycles. The topological polar surface area (TPSA) is 21.3 Å². The van der Waals surface area contributed by atoms with Gasteiger partial charge in [0.2, 0.25) is 0 Å². The van der Waals surface area contributed by atoms with Crippen LogP contribution in [0.3, 0.4) is 0 Å². The monoisotopic (exact) mass is 263 g/mol. The summed E-state index contributed by atoms with van der Waals surface area (Å²) in [5.74, 6) is -1.65. The quantitative estimate of drug-likeness (QED) is 0.841. The Bertz CT molecular complexity index is 389. The zero-order valence-electron chi connectivity index (χ0n) is 9.74. The molecule has 0 aliphatic carbocycles. The van der Waals surface area contributed by atoms with Gasteiger partial charge in [0.05, 0.1) is 12.7 Å². The van der Waals surface area contributed by atoms with Crippen LogP contribution < -0.4 is 5.32 Å². The predicted octanol–water partition coefficient (Wildman–Crippen LogP) is 2.82. The predicted molar refractivity (Wildman–Crippen MR) is 64.4 cm³/mol. The molecule has 2 nitrogen and oxygen atoms in total. The van der Waals surface area contributed by atoms with Crippen LogP contribution in [0.25, 0.3) is 0 Å². The van der Waals surface area contributed by atoms with E-state index < -0.39 is 11.6 Å². The zero-order valence-corrected chi connectivity index (χ0v) is 10.6. The summed E-state index contributed by atoms with van der Waals surface area (Å²) in [6.07, 6.45) is -0.216. The molecule has 0 unspecified atom stereocenters. The number of morpholine rings is 1. The molecule has 3 atom stereocenters. The average Bonchev–Trinajstić information content (AvgIpc) is 2.22. The third kappa shape index (κ3) is 3.15. The molecule has 1 heterocycles. The summed E-state index contributed by atoms with van der Waals surface area (Å²) < 4.78 is 31.5. The number of benzene rings is 1. The van der Waals surface area contributed by atoms with Crippen LogP contribution in [0.15, 0.2) is 18.2 Å². The van der Waals surface area contributed by atoms with Gasteiger partial charge in [-0.25, -0.2) is 8.78 Å². The van der Waals surface area contributed by atoms with Crippen LogP contribution >= 0.6 is 12.4 Å². The maximum atomic E-state index is 13.1. The second-order valence-corrected chi connectivity index (χ2v) is 4.28. The first kappa shape index (κ1) is 14.4. The van der Waals surface area contributed by atoms with Crippen LogP contribution in [-0.2, 0) is 4.74 Å². The maximum Gasteiger partial charge on any atom is 0.159 e. The molecule has 96 valence electrons. The summed E-state index contributed by atoms with van der Waals surface area (Å²) in [5.41, 5.74) is 0.672. The number of hydrogen-bond donors (Lipinski definition) is 1. The average molecular weight is 264 g/mol. The van der Waals surface area contributed by atoms with Gasteiger partial charge < -0.3 is 10.1 Å². The van der Waals surface area contributed by atoms with Gasteiger partial charge >= 0.3 is 0 Å². The third-order valence-corrected chi connectivity index (χ3v) is 2.80. The van der Waals surface area contributed by atoms with Crippen LogP contribution in [0, 0.1) is 11.6 Å². The molecule has 1 saturated heterocycles. The van der Waals surface area contributed by atoms with Crippen LogP contribution in [0.5, 0.6) is 0 Å². The van der Waals surface area contributed by atoms with E-state index in [2.05, 4.69) is 5.32 Å². The SMILES string of the molecule is C[C@@H]1CO[C@@H](c2ccc(F)c(F)c2)[C@H](C)N1.Cl. The Labute approximate surface area is 106 Å². The lowest BCUT2D eigenvalue weighted by Gasteiger charge is -2.34. The standard InChI is InChI=1S/C12H15F2NO.ClH/c1-7-6-16-12(8(2)15-7)9-3-4-10(13)11(14)5-9;/h3-5,7-8,12,15H,6H2,1-2H3;1H/t7-,8+,12-;/m1./s1. The van der Waals surface area contributed by atoms with E-state index in [-0.39, 0.29) is 30.6 Å². The molecule has 1 aromatic rings. The van der Waals surface area contributed by atoms with E-state index in [4.69, 9.17) is 4.74 Å². The highest BCUT2D eigenvalue weighted by atomic mass is 35.5. The first-order valence-electron chi connectivity index (χ1n) is 5.40. The van der Waals surface area contributed by atoms with Gasteiger partial charge in [0.25, 0.3) is 0 Å². The molecule has 17 heavy (non-hydrogen) atoms. The Balaban J connectivity index is 0.00000144. The van der Waals surface area contributed by atoms with Gasteiger partial charge in [-0.1, -0.05) is 6.07 Å². The van der Waals surface area contributed by atoms with E-state index in [1.807, 2.05) is 13.8 Å². The van der Waals surface area contributed by atoms with Crippen LogP contribution in [0.1, 0.15) is 25.5 Å². The lowest BCUT2D eigenvalue weighted by molar-refractivity contribution is -0.0208. The van der Waals surface area contributed by atoms with Crippen molar-refractivity contribution in [2.45, 2.75) is 32.0 Å². The number of hydrogen-bond acceptors (Lipinski definition) is 2. The molecule has 2 rings (SSSR count). The van der Waals surface area contributed by atoms with Crippen molar-refractivity contribution in [2.75, 3.05) is 6.61 Å². The fraction of sp³-hybridized carbons (Fsp3) is 0.500. The van der Waals surface area contributed by atoms with Gasteiger partial charge in [0, 0.05) is 12.1 Å². The van der Waals surface area contributed by atoms with Crippen molar-refractivity contribution in [1.82, 2.24) is 5.32 Å². The summed E-state index contributed by atoms with van der Waals surface area (Å²) in [4.78, 5) is 0. The van der Waals surface area contributed by atoms with E-state index in [0.717, 1.165) is 6.07 Å². The lowest BCUT2D eigenvalue weighted by Crippen LogP contribution is -2.47. The van der Waals surface area contributed by atoms with E-state index in [1.54, 1.807) is 6.07 Å². The highest BCUT2D eigenvalue weighted by Crippen LogP contribution is 2.26. The number of rotatable bonds is 1. The minimum Gasteiger partial charge on any atom is -0.370 e. The highest BCUT2D eigenvalue weighted by molar-refractivity contribution is 5.85. The van der Waals surface area contributed by atoms with Crippen molar-refractivity contribution in [3.8, 4) is 0 Å². The molecule has 1 aromatic carbocycles. The summed E-state index contributed by atoms with van der Waals surface area (Å²) in [5, 5.41) is 3.32.